The van der Waals surface area contributed by atoms with Crippen molar-refractivity contribution in [1.82, 2.24) is 0 Å². The molecule has 0 atom stereocenters. The molecule has 30 heavy (non-hydrogen) atoms. The van der Waals surface area contributed by atoms with Crippen LogP contribution in [0.2, 0.25) is 0 Å². The molecule has 0 spiro atoms. The first-order chi connectivity index (χ1) is 14.5. The molecule has 0 bridgehead atoms. The van der Waals surface area contributed by atoms with E-state index in [4.69, 9.17) is 21.7 Å². The number of carbonyl (C=O) groups excluding carboxylic acids is 2. The molecule has 2 aromatic carbocycles. The maximum atomic E-state index is 12.5. The third kappa shape index (κ3) is 4.60. The number of hydrogen-bond acceptors (Lipinski definition) is 6. The quantitative estimate of drug-likeness (QED) is 0.392. The summed E-state index contributed by atoms with van der Waals surface area (Å²) in [6.07, 6.45) is 0. The molecule has 0 aliphatic heterocycles. The van der Waals surface area contributed by atoms with Gasteiger partial charge in [0.2, 0.25) is 0 Å². The third-order valence-corrected chi connectivity index (χ3v) is 5.74. The first-order valence-electron chi connectivity index (χ1n) is 9.49. The van der Waals surface area contributed by atoms with Crippen molar-refractivity contribution in [1.29, 1.82) is 0 Å². The highest BCUT2D eigenvalue weighted by molar-refractivity contribution is 7.80. The van der Waals surface area contributed by atoms with Crippen molar-refractivity contribution in [2.45, 2.75) is 20.8 Å². The highest BCUT2D eigenvalue weighted by Gasteiger charge is 2.26. The molecule has 0 saturated heterocycles. The number of hydrogen-bond donors (Lipinski definition) is 2. The van der Waals surface area contributed by atoms with Gasteiger partial charge in [-0.15, -0.1) is 11.3 Å². The molecule has 2 N–H and O–H groups in total. The van der Waals surface area contributed by atoms with Crippen molar-refractivity contribution in [3.05, 3.63) is 58.5 Å². The number of benzene rings is 2. The van der Waals surface area contributed by atoms with Gasteiger partial charge in [0.05, 0.1) is 18.8 Å². The molecule has 1 heterocycles. The fraction of sp³-hybridized carbons (Fsp3) is 0.227. The number of nitrogens with one attached hydrogen (secondary N) is 2. The molecule has 3 aromatic rings. The number of fused-ring (bicyclic) bond motifs is 1. The smallest absolute Gasteiger partial charge is 0.348 e. The molecule has 0 aliphatic rings. The van der Waals surface area contributed by atoms with Gasteiger partial charge in [-0.25, -0.2) is 9.59 Å². The van der Waals surface area contributed by atoms with Crippen LogP contribution in [0.4, 0.5) is 10.7 Å². The Kier molecular flexibility index (Phi) is 7.02. The van der Waals surface area contributed by atoms with E-state index in [1.165, 1.54) is 0 Å². The van der Waals surface area contributed by atoms with Crippen molar-refractivity contribution in [2.75, 3.05) is 23.8 Å². The van der Waals surface area contributed by atoms with E-state index in [0.717, 1.165) is 27.8 Å². The Bertz CT molecular complexity index is 1100. The normalized spacial score (nSPS) is 10.5. The summed E-state index contributed by atoms with van der Waals surface area (Å²) in [6.45, 7) is 5.62. The van der Waals surface area contributed by atoms with E-state index in [1.807, 2.05) is 42.5 Å². The number of rotatable bonds is 6. The van der Waals surface area contributed by atoms with Crippen LogP contribution in [-0.2, 0) is 9.47 Å². The minimum absolute atomic E-state index is 0.223. The topological polar surface area (TPSA) is 76.7 Å². The summed E-state index contributed by atoms with van der Waals surface area (Å²) in [5.74, 6) is -0.996. The lowest BCUT2D eigenvalue weighted by atomic mass is 10.1. The average molecular weight is 443 g/mol. The maximum Gasteiger partial charge on any atom is 0.348 e. The number of thiocarbonyl (C=S) groups is 1. The Hall–Kier alpha value is -2.97. The van der Waals surface area contributed by atoms with Crippen molar-refractivity contribution in [3.63, 3.8) is 0 Å². The van der Waals surface area contributed by atoms with Crippen LogP contribution in [0, 0.1) is 6.92 Å². The number of carbonyl (C=O) groups is 2. The van der Waals surface area contributed by atoms with Crippen LogP contribution in [-0.4, -0.2) is 30.3 Å². The molecule has 0 aliphatic carbocycles. The van der Waals surface area contributed by atoms with Crippen LogP contribution in [0.5, 0.6) is 0 Å². The Morgan fingerprint density at radius 3 is 2.37 bits per heavy atom. The summed E-state index contributed by atoms with van der Waals surface area (Å²) in [6, 6.07) is 13.8. The molecule has 1 aromatic heterocycles. The first kappa shape index (κ1) is 21.7. The second-order valence-corrected chi connectivity index (χ2v) is 7.74. The van der Waals surface area contributed by atoms with Gasteiger partial charge in [-0.2, -0.15) is 0 Å². The lowest BCUT2D eigenvalue weighted by Crippen LogP contribution is -2.20. The fourth-order valence-corrected chi connectivity index (χ4v) is 4.40. The number of anilines is 2. The second kappa shape index (κ2) is 9.69. The molecule has 0 amide bonds. The molecule has 8 heteroatoms. The maximum absolute atomic E-state index is 12.5. The Morgan fingerprint density at radius 2 is 1.63 bits per heavy atom. The molecule has 0 radical (unpaired) electrons. The standard InChI is InChI=1S/C22H22N2O4S2/c1-4-27-20(25)17-13(3)18(21(26)28-5-2)30-19(17)24-22(29)23-16-12-8-10-14-9-6-7-11-15(14)16/h6-12H,4-5H2,1-3H3,(H2,23,24,29). The summed E-state index contributed by atoms with van der Waals surface area (Å²) in [5.41, 5.74) is 1.63. The predicted octanol–water partition coefficient (Wildman–Crippen LogP) is 5.37. The van der Waals surface area contributed by atoms with Crippen LogP contribution in [0.1, 0.15) is 39.4 Å². The van der Waals surface area contributed by atoms with Crippen molar-refractivity contribution in [2.24, 2.45) is 0 Å². The first-order valence-corrected chi connectivity index (χ1v) is 10.7. The van der Waals surface area contributed by atoms with Gasteiger partial charge in [0, 0.05) is 11.1 Å². The average Bonchev–Trinajstić information content (AvgIpc) is 3.04. The van der Waals surface area contributed by atoms with Gasteiger partial charge < -0.3 is 20.1 Å². The van der Waals surface area contributed by atoms with E-state index in [2.05, 4.69) is 10.6 Å². The summed E-state index contributed by atoms with van der Waals surface area (Å²) < 4.78 is 10.3. The fourth-order valence-electron chi connectivity index (χ4n) is 3.03. The molecular formula is C22H22N2O4S2. The molecule has 0 fully saturated rings. The lowest BCUT2D eigenvalue weighted by molar-refractivity contribution is 0.0527. The zero-order valence-corrected chi connectivity index (χ0v) is 18.5. The van der Waals surface area contributed by atoms with E-state index in [0.29, 0.717) is 20.6 Å². The van der Waals surface area contributed by atoms with E-state index in [1.54, 1.807) is 20.8 Å². The van der Waals surface area contributed by atoms with Crippen LogP contribution in [0.3, 0.4) is 0 Å². The highest BCUT2D eigenvalue weighted by atomic mass is 32.1. The zero-order chi connectivity index (χ0) is 21.7. The van der Waals surface area contributed by atoms with Gasteiger partial charge in [0.25, 0.3) is 0 Å². The van der Waals surface area contributed by atoms with Crippen molar-refractivity contribution in [3.8, 4) is 0 Å². The van der Waals surface area contributed by atoms with Crippen LogP contribution in [0.25, 0.3) is 10.8 Å². The van der Waals surface area contributed by atoms with Gasteiger partial charge in [0.15, 0.2) is 5.11 Å². The summed E-state index contributed by atoms with van der Waals surface area (Å²) in [5, 5.41) is 9.06. The summed E-state index contributed by atoms with van der Waals surface area (Å²) in [7, 11) is 0. The number of thiophene rings is 1. The Balaban J connectivity index is 1.90. The minimum Gasteiger partial charge on any atom is -0.462 e. The number of ether oxygens (including phenoxy) is 2. The zero-order valence-electron chi connectivity index (χ0n) is 16.9. The van der Waals surface area contributed by atoms with E-state index >= 15 is 0 Å². The third-order valence-electron chi connectivity index (χ3n) is 4.35. The van der Waals surface area contributed by atoms with Crippen LogP contribution in [0.15, 0.2) is 42.5 Å². The van der Waals surface area contributed by atoms with Crippen molar-refractivity contribution < 1.29 is 19.1 Å². The molecule has 156 valence electrons. The second-order valence-electron chi connectivity index (χ2n) is 6.31. The highest BCUT2D eigenvalue weighted by Crippen LogP contribution is 2.34. The number of esters is 2. The largest absolute Gasteiger partial charge is 0.462 e. The molecule has 0 unspecified atom stereocenters. The van der Waals surface area contributed by atoms with Gasteiger partial charge in [0.1, 0.15) is 9.88 Å². The monoisotopic (exact) mass is 442 g/mol. The lowest BCUT2D eigenvalue weighted by Gasteiger charge is -2.13. The van der Waals surface area contributed by atoms with E-state index in [-0.39, 0.29) is 18.8 Å². The molecule has 6 nitrogen and oxygen atoms in total. The van der Waals surface area contributed by atoms with Crippen molar-refractivity contribution >= 4 is 62.1 Å². The van der Waals surface area contributed by atoms with Crippen LogP contribution < -0.4 is 10.6 Å². The summed E-state index contributed by atoms with van der Waals surface area (Å²) in [4.78, 5) is 25.2. The molecule has 0 saturated carbocycles. The SMILES string of the molecule is CCOC(=O)c1sc(NC(=S)Nc2cccc3ccccc23)c(C(=O)OCC)c1C. The Morgan fingerprint density at radius 1 is 0.967 bits per heavy atom. The van der Waals surface area contributed by atoms with E-state index < -0.39 is 11.9 Å². The Labute approximate surface area is 184 Å². The van der Waals surface area contributed by atoms with Gasteiger partial charge in [-0.1, -0.05) is 36.4 Å². The van der Waals surface area contributed by atoms with Gasteiger partial charge in [-0.05, 0) is 50.0 Å². The predicted molar refractivity (Wildman–Crippen MR) is 125 cm³/mol. The summed E-state index contributed by atoms with van der Waals surface area (Å²) >= 11 is 6.59. The molecular weight excluding hydrogens is 420 g/mol. The van der Waals surface area contributed by atoms with Crippen LogP contribution >= 0.6 is 23.6 Å². The van der Waals surface area contributed by atoms with Gasteiger partial charge in [-0.3, -0.25) is 0 Å². The minimum atomic E-state index is -0.516. The van der Waals surface area contributed by atoms with Gasteiger partial charge >= 0.3 is 11.9 Å². The van der Waals surface area contributed by atoms with E-state index in [9.17, 15) is 9.59 Å². The molecule has 3 rings (SSSR count).